The number of aromatic nitrogens is 4. The van der Waals surface area contributed by atoms with Crippen molar-refractivity contribution in [2.75, 3.05) is 79.3 Å². The zero-order valence-electron chi connectivity index (χ0n) is 43.6. The molecule has 2 saturated heterocycles. The van der Waals surface area contributed by atoms with Crippen molar-refractivity contribution in [1.82, 2.24) is 39.6 Å². The quantitative estimate of drug-likeness (QED) is 0.124. The zero-order valence-corrected chi connectivity index (χ0v) is 43.6. The maximum Gasteiger partial charge on any atom is 0.258 e. The van der Waals surface area contributed by atoms with Gasteiger partial charge in [-0.05, 0) is 135 Å². The number of amides is 4. The first kappa shape index (κ1) is 50.6. The Bertz CT molecular complexity index is 3020. The average Bonchev–Trinajstić information content (AvgIpc) is 3.79. The van der Waals surface area contributed by atoms with E-state index >= 15 is 0 Å². The highest BCUT2D eigenvalue weighted by atomic mass is 16.2. The summed E-state index contributed by atoms with van der Waals surface area (Å²) in [6.45, 7) is 19.1. The molecule has 6 aromatic rings. The summed E-state index contributed by atoms with van der Waals surface area (Å²) in [5.41, 5.74) is 13.2. The summed E-state index contributed by atoms with van der Waals surface area (Å²) in [4.78, 5) is 63.0. The molecule has 4 aliphatic rings. The lowest BCUT2D eigenvalue weighted by atomic mass is 10.00. The second kappa shape index (κ2) is 22.2. The second-order valence-corrected chi connectivity index (χ2v) is 20.0. The predicted molar refractivity (Wildman–Crippen MR) is 288 cm³/mol. The van der Waals surface area contributed by atoms with Crippen LogP contribution in [-0.4, -0.2) is 117 Å². The molecule has 6 heterocycles. The van der Waals surface area contributed by atoms with Gasteiger partial charge in [-0.15, -0.1) is 0 Å². The number of carbonyl (C=O) groups is 4. The van der Waals surface area contributed by atoms with Crippen molar-refractivity contribution in [3.05, 3.63) is 141 Å². The fourth-order valence-electron chi connectivity index (χ4n) is 10.4. The SMILES string of the molecule is CCCN1CCN(C(=O)CCc2ccc(C(=O)N3Cc4cnn(C)c4Nc4cc(C)ccc43)cc2C)CC1.Cc1ccc2c(c1)Nc1c(cnn1C)CN2C(=O)c1ccc(CCC(=O)N2CCNCC2)c(C)c1. The van der Waals surface area contributed by atoms with Crippen molar-refractivity contribution in [2.45, 2.75) is 79.8 Å². The van der Waals surface area contributed by atoms with E-state index in [2.05, 4.69) is 50.1 Å². The van der Waals surface area contributed by atoms with Gasteiger partial charge in [0.15, 0.2) is 0 Å². The van der Waals surface area contributed by atoms with E-state index in [9.17, 15) is 19.2 Å². The molecule has 4 aromatic carbocycles. The van der Waals surface area contributed by atoms with E-state index in [4.69, 9.17) is 0 Å². The minimum absolute atomic E-state index is 0.0516. The number of nitrogens with one attached hydrogen (secondary N) is 3. The van der Waals surface area contributed by atoms with Gasteiger partial charge in [0.2, 0.25) is 11.8 Å². The maximum atomic E-state index is 13.8. The van der Waals surface area contributed by atoms with Gasteiger partial charge in [-0.3, -0.25) is 33.4 Å². The molecule has 0 saturated carbocycles. The number of hydrogen-bond acceptors (Lipinski definition) is 10. The molecule has 4 aliphatic heterocycles. The minimum atomic E-state index is -0.0554. The van der Waals surface area contributed by atoms with Crippen LogP contribution >= 0.6 is 0 Å². The summed E-state index contributed by atoms with van der Waals surface area (Å²) in [5, 5.41) is 19.0. The molecular weight excluding hydrogens is 917 g/mol. The van der Waals surface area contributed by atoms with Gasteiger partial charge in [0.1, 0.15) is 11.6 Å². The van der Waals surface area contributed by atoms with Gasteiger partial charge < -0.3 is 35.6 Å². The van der Waals surface area contributed by atoms with Crippen molar-refractivity contribution in [1.29, 1.82) is 0 Å². The second-order valence-electron chi connectivity index (χ2n) is 20.0. The Labute approximate surface area is 429 Å². The molecule has 16 nitrogen and oxygen atoms in total. The maximum absolute atomic E-state index is 13.8. The Hall–Kier alpha value is -7.30. The molecule has 0 radical (unpaired) electrons. The van der Waals surface area contributed by atoms with Crippen molar-refractivity contribution in [3.63, 3.8) is 0 Å². The first-order valence-corrected chi connectivity index (χ1v) is 25.8. The molecule has 10 rings (SSSR count). The fourth-order valence-corrected chi connectivity index (χ4v) is 10.4. The lowest BCUT2D eigenvalue weighted by Gasteiger charge is -2.34. The summed E-state index contributed by atoms with van der Waals surface area (Å²) in [6.07, 6.45) is 7.12. The van der Waals surface area contributed by atoms with Crippen LogP contribution in [0, 0.1) is 27.7 Å². The molecule has 3 N–H and O–H groups in total. The molecule has 0 spiro atoms. The van der Waals surface area contributed by atoms with Crippen molar-refractivity contribution >= 4 is 58.0 Å². The van der Waals surface area contributed by atoms with Gasteiger partial charge in [-0.25, -0.2) is 0 Å². The van der Waals surface area contributed by atoms with Gasteiger partial charge in [0, 0.05) is 102 Å². The van der Waals surface area contributed by atoms with Crippen LogP contribution in [0.5, 0.6) is 0 Å². The number of aryl methyl sites for hydroxylation is 8. The summed E-state index contributed by atoms with van der Waals surface area (Å²) in [5.74, 6) is 2.10. The molecule has 4 amide bonds. The van der Waals surface area contributed by atoms with Crippen LogP contribution in [0.1, 0.15) is 91.4 Å². The van der Waals surface area contributed by atoms with Gasteiger partial charge in [0.05, 0.1) is 48.2 Å². The van der Waals surface area contributed by atoms with Crippen LogP contribution in [0.4, 0.5) is 34.4 Å². The smallest absolute Gasteiger partial charge is 0.258 e. The van der Waals surface area contributed by atoms with E-state index in [-0.39, 0.29) is 23.6 Å². The van der Waals surface area contributed by atoms with Crippen LogP contribution in [0.25, 0.3) is 0 Å². The summed E-state index contributed by atoms with van der Waals surface area (Å²) in [7, 11) is 3.80. The number of benzene rings is 4. The Morgan fingerprint density at radius 2 is 1.01 bits per heavy atom. The highest BCUT2D eigenvalue weighted by Gasteiger charge is 2.30. The van der Waals surface area contributed by atoms with Gasteiger partial charge in [-0.2, -0.15) is 10.2 Å². The molecule has 2 fully saturated rings. The fraction of sp³-hybridized carbons (Fsp3) is 0.404. The summed E-state index contributed by atoms with van der Waals surface area (Å²) >= 11 is 0. The zero-order chi connectivity index (χ0) is 51.3. The van der Waals surface area contributed by atoms with Gasteiger partial charge >= 0.3 is 0 Å². The average molecular weight is 987 g/mol. The van der Waals surface area contributed by atoms with E-state index < -0.39 is 0 Å². The van der Waals surface area contributed by atoms with Crippen LogP contribution in [0.15, 0.2) is 85.2 Å². The summed E-state index contributed by atoms with van der Waals surface area (Å²) < 4.78 is 3.61. The largest absolute Gasteiger partial charge is 0.340 e. The van der Waals surface area contributed by atoms with Crippen LogP contribution in [0.2, 0.25) is 0 Å². The van der Waals surface area contributed by atoms with E-state index in [1.165, 1.54) is 0 Å². The van der Waals surface area contributed by atoms with Gasteiger partial charge in [0.25, 0.3) is 11.8 Å². The molecule has 0 unspecified atom stereocenters. The topological polar surface area (TPSA) is 156 Å². The predicted octanol–water partition coefficient (Wildman–Crippen LogP) is 7.73. The number of nitrogens with zero attached hydrogens (tertiary/aromatic N) is 9. The standard InChI is InChI=1S/C30H38N6O2.C27H32N6O2/c1-5-12-34-13-15-35(16-14-34)28(37)11-9-23-7-8-24(18-22(23)3)30(38)36-20-25-19-31-33(4)29(25)32-26-17-21(2)6-10-27(26)36;1-18-4-8-24-23(14-18)30-26-22(16-29-31(26)3)17-33(24)27(35)21-6-5-20(19(2)15-21)7-9-25(34)32-12-10-28-11-13-32/h6-8,10,17-19,32H,5,9,11-16,20H2,1-4H3;4-6,8,14-16,28,30H,7,9-13,17H2,1-3H3. The number of hydrogen-bond donors (Lipinski definition) is 3. The van der Waals surface area contributed by atoms with Crippen LogP contribution in [-0.2, 0) is 49.6 Å². The lowest BCUT2D eigenvalue weighted by Crippen LogP contribution is -2.48. The molecule has 2 aromatic heterocycles. The van der Waals surface area contributed by atoms with E-state index in [0.717, 1.165) is 144 Å². The van der Waals surface area contributed by atoms with Gasteiger partial charge in [-0.1, -0.05) is 31.2 Å². The normalized spacial score (nSPS) is 15.3. The molecule has 0 atom stereocenters. The Morgan fingerprint density at radius 1 is 0.562 bits per heavy atom. The monoisotopic (exact) mass is 987 g/mol. The Balaban J connectivity index is 0.000000180. The molecule has 0 aliphatic carbocycles. The molecule has 73 heavy (non-hydrogen) atoms. The first-order chi connectivity index (χ1) is 35.2. The molecule has 382 valence electrons. The van der Waals surface area contributed by atoms with Crippen molar-refractivity contribution in [2.24, 2.45) is 14.1 Å². The van der Waals surface area contributed by atoms with Crippen LogP contribution < -0.4 is 25.8 Å². The van der Waals surface area contributed by atoms with Crippen molar-refractivity contribution in [3.8, 4) is 0 Å². The number of piperazine rings is 2. The van der Waals surface area contributed by atoms with Crippen LogP contribution in [0.3, 0.4) is 0 Å². The van der Waals surface area contributed by atoms with E-state index in [1.807, 2.05) is 134 Å². The Kier molecular flexibility index (Phi) is 15.4. The number of carbonyl (C=O) groups excluding carboxylic acids is 4. The summed E-state index contributed by atoms with van der Waals surface area (Å²) in [6, 6.07) is 23.9. The third kappa shape index (κ3) is 11.3. The van der Waals surface area contributed by atoms with E-state index in [1.54, 1.807) is 9.36 Å². The number of anilines is 6. The van der Waals surface area contributed by atoms with E-state index in [0.29, 0.717) is 49.9 Å². The third-order valence-electron chi connectivity index (χ3n) is 14.7. The third-order valence-corrected chi connectivity index (χ3v) is 14.7. The molecular formula is C57H70N12O4. The van der Waals surface area contributed by atoms with Crippen molar-refractivity contribution < 1.29 is 19.2 Å². The minimum Gasteiger partial charge on any atom is -0.340 e. The first-order valence-electron chi connectivity index (χ1n) is 25.8. The highest BCUT2D eigenvalue weighted by molar-refractivity contribution is 6.09. The number of rotatable bonds is 10. The highest BCUT2D eigenvalue weighted by Crippen LogP contribution is 2.39. The molecule has 0 bridgehead atoms. The Morgan fingerprint density at radius 3 is 1.45 bits per heavy atom. The lowest BCUT2D eigenvalue weighted by molar-refractivity contribution is -0.133. The number of fused-ring (bicyclic) bond motifs is 4. The molecule has 16 heteroatoms.